The number of hydrogen-bond acceptors (Lipinski definition) is 6. The van der Waals surface area contributed by atoms with E-state index in [0.29, 0.717) is 12.6 Å². The Morgan fingerprint density at radius 1 is 1.07 bits per heavy atom. The van der Waals surface area contributed by atoms with Crippen molar-refractivity contribution >= 4 is 15.8 Å². The lowest BCUT2D eigenvalue weighted by Crippen LogP contribution is -2.38. The molecule has 0 radical (unpaired) electrons. The first-order chi connectivity index (χ1) is 14.5. The zero-order valence-corrected chi connectivity index (χ0v) is 18.2. The molecule has 0 bridgehead atoms. The molecule has 2 aliphatic heterocycles. The maximum absolute atomic E-state index is 12.8. The fourth-order valence-electron chi connectivity index (χ4n) is 4.24. The molecule has 0 saturated carbocycles. The number of rotatable bonds is 7. The van der Waals surface area contributed by atoms with Crippen molar-refractivity contribution in [3.63, 3.8) is 0 Å². The fourth-order valence-corrected chi connectivity index (χ4v) is 5.45. The maximum atomic E-state index is 12.8. The molecule has 4 rings (SSSR count). The zero-order chi connectivity index (χ0) is 21.0. The van der Waals surface area contributed by atoms with E-state index in [2.05, 4.69) is 31.6 Å². The van der Waals surface area contributed by atoms with E-state index in [0.717, 1.165) is 51.3 Å². The van der Waals surface area contributed by atoms with Crippen LogP contribution in [-0.4, -0.2) is 63.7 Å². The third kappa shape index (κ3) is 5.18. The Hall–Kier alpha value is -2.00. The van der Waals surface area contributed by atoms with Gasteiger partial charge in [0.15, 0.2) is 0 Å². The molecule has 1 N–H and O–H groups in total. The van der Waals surface area contributed by atoms with Gasteiger partial charge in [-0.05, 0) is 37.0 Å². The number of sulfonamides is 1. The summed E-state index contributed by atoms with van der Waals surface area (Å²) in [4.78, 5) is 9.11. The van der Waals surface area contributed by atoms with Crippen LogP contribution >= 0.6 is 0 Å². The summed E-state index contributed by atoms with van der Waals surface area (Å²) in [7, 11) is -1.83. The molecule has 2 aliphatic rings. The van der Waals surface area contributed by atoms with Gasteiger partial charge in [-0.15, -0.1) is 0 Å². The lowest BCUT2D eigenvalue weighted by molar-refractivity contribution is 0.0818. The van der Waals surface area contributed by atoms with E-state index in [-0.39, 0.29) is 10.9 Å². The van der Waals surface area contributed by atoms with Crippen LogP contribution in [0.3, 0.4) is 0 Å². The smallest absolute Gasteiger partial charge is 0.242 e. The number of ether oxygens (including phenoxy) is 1. The second-order valence-electron chi connectivity index (χ2n) is 8.10. The summed E-state index contributed by atoms with van der Waals surface area (Å²) in [5, 5.41) is 0. The lowest BCUT2D eigenvalue weighted by atomic mass is 10.1. The van der Waals surface area contributed by atoms with E-state index in [1.165, 1.54) is 11.8 Å². The number of piperidine rings is 1. The summed E-state index contributed by atoms with van der Waals surface area (Å²) >= 11 is 0. The summed E-state index contributed by atoms with van der Waals surface area (Å²) in [6, 6.07) is 13.6. The Bertz CT molecular complexity index is 913. The molecule has 30 heavy (non-hydrogen) atoms. The number of aromatic nitrogens is 1. The van der Waals surface area contributed by atoms with Gasteiger partial charge < -0.3 is 9.64 Å². The lowest BCUT2D eigenvalue weighted by Gasteiger charge is -2.32. The van der Waals surface area contributed by atoms with Crippen molar-refractivity contribution in [1.82, 2.24) is 14.6 Å². The molecule has 8 heteroatoms. The van der Waals surface area contributed by atoms with E-state index in [9.17, 15) is 8.42 Å². The Morgan fingerprint density at radius 3 is 2.50 bits per heavy atom. The van der Waals surface area contributed by atoms with Crippen molar-refractivity contribution in [2.45, 2.75) is 42.8 Å². The van der Waals surface area contributed by atoms with Gasteiger partial charge in [0.1, 0.15) is 10.7 Å². The van der Waals surface area contributed by atoms with Crippen molar-refractivity contribution in [2.75, 3.05) is 38.2 Å². The number of nitrogens with one attached hydrogen (secondary N) is 1. The minimum absolute atomic E-state index is 0.0774. The van der Waals surface area contributed by atoms with Gasteiger partial charge in [-0.2, -0.15) is 0 Å². The molecule has 0 amide bonds. The molecule has 0 spiro atoms. The Morgan fingerprint density at radius 2 is 1.83 bits per heavy atom. The van der Waals surface area contributed by atoms with Gasteiger partial charge in [-0.1, -0.05) is 30.3 Å². The van der Waals surface area contributed by atoms with Crippen LogP contribution in [0.15, 0.2) is 53.6 Å². The molecule has 0 aliphatic carbocycles. The summed E-state index contributed by atoms with van der Waals surface area (Å²) in [6.45, 7) is 4.18. The van der Waals surface area contributed by atoms with Gasteiger partial charge in [0.05, 0.1) is 6.10 Å². The van der Waals surface area contributed by atoms with Gasteiger partial charge in [0, 0.05) is 52.1 Å². The molecule has 1 aromatic carbocycles. The highest BCUT2D eigenvalue weighted by Gasteiger charge is 2.28. The predicted molar refractivity (Wildman–Crippen MR) is 117 cm³/mol. The molecule has 1 atom stereocenters. The summed E-state index contributed by atoms with van der Waals surface area (Å²) in [5.41, 5.74) is 1.25. The van der Waals surface area contributed by atoms with Gasteiger partial charge in [0.2, 0.25) is 10.0 Å². The molecule has 2 saturated heterocycles. The highest BCUT2D eigenvalue weighted by molar-refractivity contribution is 7.89. The van der Waals surface area contributed by atoms with E-state index in [4.69, 9.17) is 4.74 Å². The first-order valence-electron chi connectivity index (χ1n) is 10.6. The second kappa shape index (κ2) is 9.43. The van der Waals surface area contributed by atoms with Crippen LogP contribution < -0.4 is 9.62 Å². The Kier molecular flexibility index (Phi) is 6.67. The Balaban J connectivity index is 1.32. The van der Waals surface area contributed by atoms with Crippen LogP contribution in [0.25, 0.3) is 0 Å². The molecule has 2 fully saturated rings. The van der Waals surface area contributed by atoms with Crippen molar-refractivity contribution in [3.05, 3.63) is 54.2 Å². The Labute approximate surface area is 179 Å². The zero-order valence-electron chi connectivity index (χ0n) is 17.4. The van der Waals surface area contributed by atoms with E-state index in [1.54, 1.807) is 19.2 Å². The SMILES string of the molecule is COC1CCN(c2ccc(S(=O)(=O)NC3CCN(Cc4ccccc4)C3)cn2)CC1. The average molecular weight is 431 g/mol. The number of pyridine rings is 1. The van der Waals surface area contributed by atoms with Gasteiger partial charge in [0.25, 0.3) is 0 Å². The minimum atomic E-state index is -3.58. The van der Waals surface area contributed by atoms with Gasteiger partial charge in [-0.25, -0.2) is 18.1 Å². The summed E-state index contributed by atoms with van der Waals surface area (Å²) in [5.74, 6) is 0.818. The standard InChI is InChI=1S/C22H30N4O3S/c1-29-20-10-13-26(14-11-20)22-8-7-21(15-23-22)30(27,28)24-19-9-12-25(17-19)16-18-5-3-2-4-6-18/h2-8,15,19-20,24H,9-14,16-17H2,1H3. The molecular weight excluding hydrogens is 400 g/mol. The quantitative estimate of drug-likeness (QED) is 0.726. The van der Waals surface area contributed by atoms with E-state index < -0.39 is 10.0 Å². The first kappa shape index (κ1) is 21.2. The van der Waals surface area contributed by atoms with Crippen molar-refractivity contribution in [3.8, 4) is 0 Å². The highest BCUT2D eigenvalue weighted by atomic mass is 32.2. The number of anilines is 1. The molecule has 7 nitrogen and oxygen atoms in total. The average Bonchev–Trinajstić information content (AvgIpc) is 3.20. The second-order valence-corrected chi connectivity index (χ2v) is 9.82. The first-order valence-corrected chi connectivity index (χ1v) is 12.0. The fraction of sp³-hybridized carbons (Fsp3) is 0.500. The van der Waals surface area contributed by atoms with Crippen LogP contribution in [0.1, 0.15) is 24.8 Å². The molecule has 1 aromatic heterocycles. The third-order valence-corrected chi connectivity index (χ3v) is 7.48. The van der Waals surface area contributed by atoms with Crippen LogP contribution in [0.2, 0.25) is 0 Å². The van der Waals surface area contributed by atoms with Crippen molar-refractivity contribution < 1.29 is 13.2 Å². The predicted octanol–water partition coefficient (Wildman–Crippen LogP) is 2.25. The number of hydrogen-bond donors (Lipinski definition) is 1. The van der Waals surface area contributed by atoms with Crippen molar-refractivity contribution in [2.24, 2.45) is 0 Å². The molecule has 162 valence electrons. The molecule has 3 heterocycles. The minimum Gasteiger partial charge on any atom is -0.381 e. The number of benzene rings is 1. The molecular formula is C22H30N4O3S. The third-order valence-electron chi connectivity index (χ3n) is 5.97. The monoisotopic (exact) mass is 430 g/mol. The van der Waals surface area contributed by atoms with E-state index >= 15 is 0 Å². The van der Waals surface area contributed by atoms with Crippen LogP contribution in [0.4, 0.5) is 5.82 Å². The molecule has 2 aromatic rings. The highest BCUT2D eigenvalue weighted by Crippen LogP contribution is 2.21. The summed E-state index contributed by atoms with van der Waals surface area (Å²) < 4.78 is 33.9. The topological polar surface area (TPSA) is 74.8 Å². The van der Waals surface area contributed by atoms with E-state index in [1.807, 2.05) is 18.2 Å². The van der Waals surface area contributed by atoms with Crippen molar-refractivity contribution in [1.29, 1.82) is 0 Å². The van der Waals surface area contributed by atoms with Gasteiger partial charge in [-0.3, -0.25) is 4.90 Å². The van der Waals surface area contributed by atoms with Gasteiger partial charge >= 0.3 is 0 Å². The normalized spacial score (nSPS) is 21.2. The summed E-state index contributed by atoms with van der Waals surface area (Å²) in [6.07, 6.45) is 4.50. The largest absolute Gasteiger partial charge is 0.381 e. The van der Waals surface area contributed by atoms with Crippen LogP contribution in [-0.2, 0) is 21.3 Å². The van der Waals surface area contributed by atoms with Crippen LogP contribution in [0.5, 0.6) is 0 Å². The number of likely N-dealkylation sites (tertiary alicyclic amines) is 1. The van der Waals surface area contributed by atoms with Crippen LogP contribution in [0, 0.1) is 0 Å². The number of nitrogens with zero attached hydrogens (tertiary/aromatic N) is 3. The number of methoxy groups -OCH3 is 1. The molecule has 1 unspecified atom stereocenters. The maximum Gasteiger partial charge on any atom is 0.242 e.